The number of methoxy groups -OCH3 is 1. The lowest BCUT2D eigenvalue weighted by Gasteiger charge is -2.09. The van der Waals surface area contributed by atoms with Crippen LogP contribution in [0.2, 0.25) is 10.0 Å². The lowest BCUT2D eigenvalue weighted by atomic mass is 10.1. The molecular formula is C26H21Cl2NO4. The highest BCUT2D eigenvalue weighted by atomic mass is 35.5. The van der Waals surface area contributed by atoms with Crippen molar-refractivity contribution in [3.8, 4) is 11.5 Å². The second kappa shape index (κ2) is 9.30. The van der Waals surface area contributed by atoms with E-state index < -0.39 is 5.97 Å². The largest absolute Gasteiger partial charge is 0.497 e. The van der Waals surface area contributed by atoms with Crippen LogP contribution in [0.15, 0.2) is 60.7 Å². The van der Waals surface area contributed by atoms with Crippen LogP contribution in [0, 0.1) is 6.92 Å². The summed E-state index contributed by atoms with van der Waals surface area (Å²) in [6.45, 7) is 3.70. The highest BCUT2D eigenvalue weighted by molar-refractivity contribution is 6.31. The van der Waals surface area contributed by atoms with Gasteiger partial charge in [-0.3, -0.25) is 9.36 Å². The number of rotatable bonds is 5. The lowest BCUT2D eigenvalue weighted by molar-refractivity contribution is 0.0733. The van der Waals surface area contributed by atoms with Gasteiger partial charge in [-0.15, -0.1) is 0 Å². The van der Waals surface area contributed by atoms with Gasteiger partial charge in [0, 0.05) is 21.0 Å². The molecule has 0 unspecified atom stereocenters. The first kappa shape index (κ1) is 22.9. The van der Waals surface area contributed by atoms with E-state index in [4.69, 9.17) is 32.7 Å². The highest BCUT2D eigenvalue weighted by Crippen LogP contribution is 2.36. The molecular weight excluding hydrogens is 461 g/mol. The molecule has 4 aromatic rings. The second-order valence-corrected chi connectivity index (χ2v) is 8.34. The second-order valence-electron chi connectivity index (χ2n) is 7.49. The van der Waals surface area contributed by atoms with Crippen LogP contribution in [-0.4, -0.2) is 23.6 Å². The number of halogens is 2. The lowest BCUT2D eigenvalue weighted by Crippen LogP contribution is -2.14. The standard InChI is InChI=1S/C26H21Cl2NO4/c1-4-16-13-18(7-11-22(16)28)26(31)33-24-15(2)29(23-12-10-20(32-3)14-21(23)24)25(30)17-5-8-19(27)9-6-17/h5-14H,4H2,1-3H3. The van der Waals surface area contributed by atoms with Gasteiger partial charge in [0.2, 0.25) is 0 Å². The van der Waals surface area contributed by atoms with E-state index in [0.29, 0.717) is 55.7 Å². The Balaban J connectivity index is 1.82. The highest BCUT2D eigenvalue weighted by Gasteiger charge is 2.24. The minimum absolute atomic E-state index is 0.263. The first-order valence-corrected chi connectivity index (χ1v) is 11.1. The Morgan fingerprint density at radius 3 is 2.30 bits per heavy atom. The summed E-state index contributed by atoms with van der Waals surface area (Å²) in [6, 6.07) is 16.9. The zero-order valence-corrected chi connectivity index (χ0v) is 19.8. The zero-order chi connectivity index (χ0) is 23.7. The van der Waals surface area contributed by atoms with E-state index in [1.165, 1.54) is 4.57 Å². The predicted octanol–water partition coefficient (Wildman–Crippen LogP) is 6.74. The van der Waals surface area contributed by atoms with Gasteiger partial charge >= 0.3 is 5.97 Å². The Kier molecular flexibility index (Phi) is 6.45. The average Bonchev–Trinajstić information content (AvgIpc) is 3.09. The fourth-order valence-electron chi connectivity index (χ4n) is 3.73. The number of hydrogen-bond acceptors (Lipinski definition) is 4. The van der Waals surface area contributed by atoms with Gasteiger partial charge in [-0.25, -0.2) is 4.79 Å². The molecule has 0 fully saturated rings. The number of benzene rings is 3. The Labute approximate surface area is 201 Å². The van der Waals surface area contributed by atoms with Crippen LogP contribution in [-0.2, 0) is 6.42 Å². The molecule has 1 heterocycles. The summed E-state index contributed by atoms with van der Waals surface area (Å²) in [5.41, 5.74) is 2.78. The Bertz CT molecular complexity index is 1370. The van der Waals surface area contributed by atoms with Gasteiger partial charge in [-0.05, 0) is 79.6 Å². The number of nitrogens with zero attached hydrogens (tertiary/aromatic N) is 1. The van der Waals surface area contributed by atoms with Crippen LogP contribution in [0.1, 0.15) is 38.9 Å². The van der Waals surface area contributed by atoms with Gasteiger partial charge in [0.25, 0.3) is 5.91 Å². The SMILES string of the molecule is CCc1cc(C(=O)Oc2c(C)n(C(=O)c3ccc(Cl)cc3)c3ccc(OC)cc23)ccc1Cl. The third-order valence-corrected chi connectivity index (χ3v) is 6.13. The molecule has 0 aliphatic rings. The predicted molar refractivity (Wildman–Crippen MR) is 130 cm³/mol. The summed E-state index contributed by atoms with van der Waals surface area (Å²) >= 11 is 12.2. The van der Waals surface area contributed by atoms with Crippen LogP contribution in [0.4, 0.5) is 0 Å². The smallest absolute Gasteiger partial charge is 0.343 e. The molecule has 4 rings (SSSR count). The van der Waals surface area contributed by atoms with Crippen molar-refractivity contribution < 1.29 is 19.1 Å². The minimum atomic E-state index is -0.537. The molecule has 0 aliphatic heterocycles. The third-order valence-electron chi connectivity index (χ3n) is 5.50. The van der Waals surface area contributed by atoms with Crippen LogP contribution < -0.4 is 9.47 Å². The molecule has 0 N–H and O–H groups in total. The van der Waals surface area contributed by atoms with Gasteiger partial charge < -0.3 is 9.47 Å². The number of fused-ring (bicyclic) bond motifs is 1. The molecule has 7 heteroatoms. The third kappa shape index (κ3) is 4.34. The maximum atomic E-state index is 13.4. The minimum Gasteiger partial charge on any atom is -0.497 e. The monoisotopic (exact) mass is 481 g/mol. The number of carbonyl (C=O) groups is 2. The summed E-state index contributed by atoms with van der Waals surface area (Å²) in [7, 11) is 1.55. The summed E-state index contributed by atoms with van der Waals surface area (Å²) in [4.78, 5) is 26.4. The van der Waals surface area contributed by atoms with E-state index in [2.05, 4.69) is 0 Å². The van der Waals surface area contributed by atoms with Gasteiger partial charge in [0.05, 0.1) is 23.9 Å². The Morgan fingerprint density at radius 1 is 0.939 bits per heavy atom. The molecule has 168 valence electrons. The molecule has 0 amide bonds. The van der Waals surface area contributed by atoms with Gasteiger partial charge in [0.1, 0.15) is 5.75 Å². The zero-order valence-electron chi connectivity index (χ0n) is 18.3. The molecule has 0 saturated heterocycles. The van der Waals surface area contributed by atoms with Crippen molar-refractivity contribution in [2.45, 2.75) is 20.3 Å². The van der Waals surface area contributed by atoms with Crippen molar-refractivity contribution in [2.24, 2.45) is 0 Å². The van der Waals surface area contributed by atoms with E-state index >= 15 is 0 Å². The molecule has 0 bridgehead atoms. The molecule has 3 aromatic carbocycles. The van der Waals surface area contributed by atoms with Crippen LogP contribution in [0.25, 0.3) is 10.9 Å². The van der Waals surface area contributed by atoms with E-state index in [0.717, 1.165) is 5.56 Å². The van der Waals surface area contributed by atoms with Crippen molar-refractivity contribution in [2.75, 3.05) is 7.11 Å². The van der Waals surface area contributed by atoms with Gasteiger partial charge in [-0.1, -0.05) is 30.1 Å². The van der Waals surface area contributed by atoms with E-state index in [9.17, 15) is 9.59 Å². The average molecular weight is 482 g/mol. The normalized spacial score (nSPS) is 10.9. The van der Waals surface area contributed by atoms with Crippen molar-refractivity contribution >= 4 is 46.0 Å². The fraction of sp³-hybridized carbons (Fsp3) is 0.154. The first-order chi connectivity index (χ1) is 15.8. The molecule has 0 spiro atoms. The first-order valence-electron chi connectivity index (χ1n) is 10.3. The number of ether oxygens (including phenoxy) is 2. The topological polar surface area (TPSA) is 57.5 Å². The maximum absolute atomic E-state index is 13.4. The van der Waals surface area contributed by atoms with E-state index in [1.54, 1.807) is 74.7 Å². The van der Waals surface area contributed by atoms with Crippen molar-refractivity contribution in [3.63, 3.8) is 0 Å². The fourth-order valence-corrected chi connectivity index (χ4v) is 4.11. The molecule has 0 saturated carbocycles. The molecule has 0 aliphatic carbocycles. The molecule has 5 nitrogen and oxygen atoms in total. The molecule has 33 heavy (non-hydrogen) atoms. The van der Waals surface area contributed by atoms with Crippen molar-refractivity contribution in [1.29, 1.82) is 0 Å². The summed E-state index contributed by atoms with van der Waals surface area (Å²) < 4.78 is 12.7. The number of carbonyl (C=O) groups excluding carboxylic acids is 2. The van der Waals surface area contributed by atoms with Crippen LogP contribution >= 0.6 is 23.2 Å². The van der Waals surface area contributed by atoms with E-state index in [1.807, 2.05) is 6.92 Å². The van der Waals surface area contributed by atoms with E-state index in [-0.39, 0.29) is 5.91 Å². The van der Waals surface area contributed by atoms with Crippen LogP contribution in [0.3, 0.4) is 0 Å². The van der Waals surface area contributed by atoms with Gasteiger partial charge in [-0.2, -0.15) is 0 Å². The molecule has 0 atom stereocenters. The maximum Gasteiger partial charge on any atom is 0.343 e. The van der Waals surface area contributed by atoms with Crippen molar-refractivity contribution in [3.05, 3.63) is 93.1 Å². The Hall–Kier alpha value is -3.28. The number of esters is 1. The molecule has 0 radical (unpaired) electrons. The van der Waals surface area contributed by atoms with Crippen LogP contribution in [0.5, 0.6) is 11.5 Å². The summed E-state index contributed by atoms with van der Waals surface area (Å²) in [5, 5.41) is 1.72. The van der Waals surface area contributed by atoms with Gasteiger partial charge in [0.15, 0.2) is 5.75 Å². The summed E-state index contributed by atoms with van der Waals surface area (Å²) in [5.74, 6) is 0.0755. The summed E-state index contributed by atoms with van der Waals surface area (Å²) in [6.07, 6.45) is 0.686. The Morgan fingerprint density at radius 2 is 1.64 bits per heavy atom. The van der Waals surface area contributed by atoms with Crippen molar-refractivity contribution in [1.82, 2.24) is 4.57 Å². The molecule has 1 aromatic heterocycles. The number of hydrogen-bond donors (Lipinski definition) is 0. The number of aromatic nitrogens is 1. The number of aryl methyl sites for hydroxylation is 1. The quantitative estimate of drug-likeness (QED) is 0.296.